The van der Waals surface area contributed by atoms with Crippen LogP contribution in [0.15, 0.2) is 60.9 Å². The molecule has 3 aromatic rings. The fourth-order valence-electron chi connectivity index (χ4n) is 4.17. The first kappa shape index (κ1) is 25.4. The fraction of sp³-hybridized carbons (Fsp3) is 0.393. The number of hydrogen-bond donors (Lipinski definition) is 3. The molecule has 0 saturated carbocycles. The van der Waals surface area contributed by atoms with Gasteiger partial charge in [0.2, 0.25) is 5.91 Å². The molecule has 0 aliphatic carbocycles. The van der Waals surface area contributed by atoms with Crippen molar-refractivity contribution < 1.29 is 9.53 Å². The van der Waals surface area contributed by atoms with E-state index in [0.717, 1.165) is 42.7 Å². The molecule has 2 heterocycles. The van der Waals surface area contributed by atoms with Crippen LogP contribution in [0.25, 0.3) is 0 Å². The Morgan fingerprint density at radius 2 is 1.69 bits per heavy atom. The average Bonchev–Trinajstić information content (AvgIpc) is 2.87. The average molecular weight is 489 g/mol. The van der Waals surface area contributed by atoms with Crippen molar-refractivity contribution in [2.75, 3.05) is 43.4 Å². The molecule has 0 atom stereocenters. The molecule has 0 spiro atoms. The lowest BCUT2D eigenvalue weighted by Gasteiger charge is -2.29. The summed E-state index contributed by atoms with van der Waals surface area (Å²) in [6, 6.07) is 17.7. The molecule has 8 heteroatoms. The van der Waals surface area contributed by atoms with E-state index in [-0.39, 0.29) is 5.91 Å². The number of carbonyl (C=O) groups excluding carboxylic acids is 1. The Labute approximate surface area is 213 Å². The lowest BCUT2D eigenvalue weighted by molar-refractivity contribution is -0.121. The first-order valence-electron chi connectivity index (χ1n) is 12.7. The monoisotopic (exact) mass is 488 g/mol. The van der Waals surface area contributed by atoms with Crippen LogP contribution < -0.4 is 20.7 Å². The standard InChI is InChI=1S/C28H36N6O2/c1-21-9-13-34(14-10-21)15-11-28(35)29-12-16-36-25-8-4-7-24(18-25)33-27-19-26(30-20-31-27)32-23-6-3-5-22(2)17-23/h3-8,17-21H,9-16H2,1-2H3,(H,29,35)(H2,30,31,32,33). The largest absolute Gasteiger partial charge is 0.492 e. The van der Waals surface area contributed by atoms with Gasteiger partial charge in [0.15, 0.2) is 0 Å². The van der Waals surface area contributed by atoms with Gasteiger partial charge in [-0.2, -0.15) is 0 Å². The van der Waals surface area contributed by atoms with E-state index in [1.807, 2.05) is 42.5 Å². The van der Waals surface area contributed by atoms with E-state index in [1.165, 1.54) is 24.7 Å². The summed E-state index contributed by atoms with van der Waals surface area (Å²) in [4.78, 5) is 23.2. The molecule has 1 aliphatic rings. The zero-order chi connectivity index (χ0) is 25.2. The van der Waals surface area contributed by atoms with E-state index < -0.39 is 0 Å². The number of carbonyl (C=O) groups is 1. The van der Waals surface area contributed by atoms with Crippen LogP contribution in [-0.4, -0.2) is 53.6 Å². The maximum atomic E-state index is 12.2. The highest BCUT2D eigenvalue weighted by Crippen LogP contribution is 2.23. The van der Waals surface area contributed by atoms with Gasteiger partial charge in [-0.05, 0) is 68.6 Å². The van der Waals surface area contributed by atoms with Gasteiger partial charge >= 0.3 is 0 Å². The molecular weight excluding hydrogens is 452 g/mol. The number of aromatic nitrogens is 2. The van der Waals surface area contributed by atoms with Gasteiger partial charge in [-0.3, -0.25) is 4.79 Å². The Kier molecular flexibility index (Phi) is 9.10. The van der Waals surface area contributed by atoms with Gasteiger partial charge in [-0.25, -0.2) is 9.97 Å². The molecule has 36 heavy (non-hydrogen) atoms. The summed E-state index contributed by atoms with van der Waals surface area (Å²) < 4.78 is 5.84. The summed E-state index contributed by atoms with van der Waals surface area (Å²) in [5.41, 5.74) is 3.01. The normalized spacial score (nSPS) is 14.3. The minimum Gasteiger partial charge on any atom is -0.492 e. The number of aryl methyl sites for hydroxylation is 1. The molecule has 1 aromatic heterocycles. The maximum Gasteiger partial charge on any atom is 0.221 e. The minimum atomic E-state index is 0.0754. The van der Waals surface area contributed by atoms with E-state index >= 15 is 0 Å². The SMILES string of the molecule is Cc1cccc(Nc2cc(Nc3cccc(OCCNC(=O)CCN4CCC(C)CC4)c3)ncn2)c1. The molecule has 0 bridgehead atoms. The van der Waals surface area contributed by atoms with Crippen molar-refractivity contribution >= 4 is 28.9 Å². The van der Waals surface area contributed by atoms with E-state index in [1.54, 1.807) is 0 Å². The van der Waals surface area contributed by atoms with Gasteiger partial charge in [0.25, 0.3) is 0 Å². The number of anilines is 4. The molecule has 1 aliphatic heterocycles. The van der Waals surface area contributed by atoms with Crippen molar-refractivity contribution in [3.8, 4) is 5.75 Å². The van der Waals surface area contributed by atoms with E-state index in [0.29, 0.717) is 31.2 Å². The van der Waals surface area contributed by atoms with Crippen molar-refractivity contribution in [1.29, 1.82) is 0 Å². The number of likely N-dealkylation sites (tertiary alicyclic amines) is 1. The van der Waals surface area contributed by atoms with Gasteiger partial charge in [-0.15, -0.1) is 0 Å². The highest BCUT2D eigenvalue weighted by Gasteiger charge is 2.16. The van der Waals surface area contributed by atoms with Crippen molar-refractivity contribution in [2.24, 2.45) is 5.92 Å². The fourth-order valence-corrected chi connectivity index (χ4v) is 4.17. The molecule has 2 aromatic carbocycles. The Hall–Kier alpha value is -3.65. The van der Waals surface area contributed by atoms with Gasteiger partial charge in [0.05, 0.1) is 6.54 Å². The van der Waals surface area contributed by atoms with Crippen LogP contribution in [0.3, 0.4) is 0 Å². The Bertz CT molecular complexity index is 1130. The number of ether oxygens (including phenoxy) is 1. The highest BCUT2D eigenvalue weighted by atomic mass is 16.5. The molecule has 4 rings (SSSR count). The third-order valence-electron chi connectivity index (χ3n) is 6.29. The molecule has 1 saturated heterocycles. The molecule has 1 amide bonds. The summed E-state index contributed by atoms with van der Waals surface area (Å²) in [5.74, 6) is 2.99. The van der Waals surface area contributed by atoms with Crippen LogP contribution in [0.4, 0.5) is 23.0 Å². The number of amides is 1. The lowest BCUT2D eigenvalue weighted by atomic mass is 9.99. The number of nitrogens with zero attached hydrogens (tertiary/aromatic N) is 3. The van der Waals surface area contributed by atoms with Gasteiger partial charge in [-0.1, -0.05) is 25.1 Å². The molecule has 0 unspecified atom stereocenters. The second kappa shape index (κ2) is 12.9. The van der Waals surface area contributed by atoms with Crippen molar-refractivity contribution in [3.05, 3.63) is 66.5 Å². The van der Waals surface area contributed by atoms with Gasteiger partial charge in [0, 0.05) is 36.5 Å². The van der Waals surface area contributed by atoms with Crippen molar-refractivity contribution in [2.45, 2.75) is 33.1 Å². The van der Waals surface area contributed by atoms with Gasteiger partial charge < -0.3 is 25.6 Å². The number of rotatable bonds is 11. The molecule has 0 radical (unpaired) electrons. The predicted molar refractivity (Wildman–Crippen MR) is 144 cm³/mol. The van der Waals surface area contributed by atoms with Crippen LogP contribution >= 0.6 is 0 Å². The Balaban J connectivity index is 1.20. The number of piperidine rings is 1. The van der Waals surface area contributed by atoms with Crippen LogP contribution in [0.2, 0.25) is 0 Å². The lowest BCUT2D eigenvalue weighted by Crippen LogP contribution is -2.36. The Morgan fingerprint density at radius 3 is 2.42 bits per heavy atom. The van der Waals surface area contributed by atoms with E-state index in [4.69, 9.17) is 4.74 Å². The second-order valence-electron chi connectivity index (χ2n) is 9.41. The zero-order valence-electron chi connectivity index (χ0n) is 21.2. The van der Waals surface area contributed by atoms with Crippen LogP contribution in [-0.2, 0) is 4.79 Å². The smallest absolute Gasteiger partial charge is 0.221 e. The van der Waals surface area contributed by atoms with E-state index in [2.05, 4.69) is 56.8 Å². The summed E-state index contributed by atoms with van der Waals surface area (Å²) in [6.45, 7) is 8.27. The first-order valence-corrected chi connectivity index (χ1v) is 12.7. The molecular formula is C28H36N6O2. The van der Waals surface area contributed by atoms with Crippen LogP contribution in [0.5, 0.6) is 5.75 Å². The van der Waals surface area contributed by atoms with Crippen molar-refractivity contribution in [1.82, 2.24) is 20.2 Å². The van der Waals surface area contributed by atoms with Crippen LogP contribution in [0.1, 0.15) is 31.7 Å². The van der Waals surface area contributed by atoms with Gasteiger partial charge in [0.1, 0.15) is 30.3 Å². The summed E-state index contributed by atoms with van der Waals surface area (Å²) in [5, 5.41) is 9.55. The molecule has 3 N–H and O–H groups in total. The summed E-state index contributed by atoms with van der Waals surface area (Å²) in [7, 11) is 0. The van der Waals surface area contributed by atoms with Crippen molar-refractivity contribution in [3.63, 3.8) is 0 Å². The quantitative estimate of drug-likeness (QED) is 0.331. The Morgan fingerprint density at radius 1 is 1.00 bits per heavy atom. The molecule has 8 nitrogen and oxygen atoms in total. The predicted octanol–water partition coefficient (Wildman–Crippen LogP) is 4.89. The maximum absolute atomic E-state index is 12.2. The zero-order valence-corrected chi connectivity index (χ0v) is 21.2. The molecule has 1 fully saturated rings. The number of benzene rings is 2. The minimum absolute atomic E-state index is 0.0754. The first-order chi connectivity index (χ1) is 17.5. The van der Waals surface area contributed by atoms with Crippen LogP contribution in [0, 0.1) is 12.8 Å². The number of hydrogen-bond acceptors (Lipinski definition) is 7. The third-order valence-corrected chi connectivity index (χ3v) is 6.29. The summed E-state index contributed by atoms with van der Waals surface area (Å²) >= 11 is 0. The second-order valence-corrected chi connectivity index (χ2v) is 9.41. The summed E-state index contributed by atoms with van der Waals surface area (Å²) in [6.07, 6.45) is 4.51. The topological polar surface area (TPSA) is 91.4 Å². The highest BCUT2D eigenvalue weighted by molar-refractivity contribution is 5.76. The van der Waals surface area contributed by atoms with E-state index in [9.17, 15) is 4.79 Å². The molecule has 190 valence electrons. The third kappa shape index (κ3) is 8.23. The number of nitrogens with one attached hydrogen (secondary N) is 3.